The first kappa shape index (κ1) is 27.1. The van der Waals surface area contributed by atoms with Crippen molar-refractivity contribution in [3.05, 3.63) is 140 Å². The molecule has 0 atom stereocenters. The van der Waals surface area contributed by atoms with Gasteiger partial charge in [-0.3, -0.25) is 0 Å². The van der Waals surface area contributed by atoms with E-state index in [2.05, 4.69) is 137 Å². The number of rotatable bonds is 4. The molecule has 8 aromatic rings. The quantitative estimate of drug-likeness (QED) is 0.137. The van der Waals surface area contributed by atoms with Gasteiger partial charge in [0.2, 0.25) is 0 Å². The summed E-state index contributed by atoms with van der Waals surface area (Å²) in [6.45, 7) is 2.11. The summed E-state index contributed by atoms with van der Waals surface area (Å²) in [5.41, 5.74) is 8.19. The van der Waals surface area contributed by atoms with Gasteiger partial charge in [0.1, 0.15) is 11.2 Å². The SMILES string of the molecule is CN1[CH-]N(c2[c-]c(Sc3[c-]c4c(cc3)c3ccc5oc6ccccc6c5c3n4-c3[c-]cccc3)ccc2)c2ccccc21.[Pd]. The number of nitrogens with zero attached hydrogens (tertiary/aromatic N) is 3. The van der Waals surface area contributed by atoms with Gasteiger partial charge in [0.05, 0.1) is 5.39 Å². The van der Waals surface area contributed by atoms with Gasteiger partial charge in [-0.25, -0.2) is 0 Å². The third kappa shape index (κ3) is 4.18. The van der Waals surface area contributed by atoms with Crippen LogP contribution in [0.5, 0.6) is 0 Å². The van der Waals surface area contributed by atoms with E-state index in [9.17, 15) is 0 Å². The van der Waals surface area contributed by atoms with Gasteiger partial charge in [0, 0.05) is 42.7 Å². The van der Waals surface area contributed by atoms with Crippen molar-refractivity contribution in [3.63, 3.8) is 0 Å². The number of fused-ring (bicyclic) bond motifs is 8. The van der Waals surface area contributed by atoms with E-state index in [1.54, 1.807) is 11.8 Å². The first-order chi connectivity index (χ1) is 21.2. The zero-order chi connectivity index (χ0) is 28.5. The molecule has 6 aromatic carbocycles. The van der Waals surface area contributed by atoms with Crippen LogP contribution in [-0.2, 0) is 20.4 Å². The molecule has 1 aliphatic rings. The number of para-hydroxylation sites is 4. The maximum absolute atomic E-state index is 6.28. The molecule has 0 aliphatic carbocycles. The summed E-state index contributed by atoms with van der Waals surface area (Å²) in [6, 6.07) is 50.6. The summed E-state index contributed by atoms with van der Waals surface area (Å²) in [5.74, 6) is 0. The molecule has 0 fully saturated rings. The molecule has 6 heteroatoms. The molecule has 4 nitrogen and oxygen atoms in total. The minimum absolute atomic E-state index is 0. The average Bonchev–Trinajstić information content (AvgIpc) is 3.70. The van der Waals surface area contributed by atoms with Crippen LogP contribution in [0.4, 0.5) is 17.1 Å². The smallest absolute Gasteiger partial charge is 0.137 e. The molecule has 0 bridgehead atoms. The summed E-state index contributed by atoms with van der Waals surface area (Å²) in [6.07, 6.45) is 0. The van der Waals surface area contributed by atoms with E-state index < -0.39 is 0 Å². The normalized spacial score (nSPS) is 12.8. The molecule has 0 radical (unpaired) electrons. The van der Waals surface area contributed by atoms with Gasteiger partial charge in [-0.15, -0.1) is 56.9 Å². The van der Waals surface area contributed by atoms with Crippen molar-refractivity contribution in [3.8, 4) is 5.69 Å². The molecule has 216 valence electrons. The Kier molecular flexibility index (Phi) is 6.54. The van der Waals surface area contributed by atoms with Gasteiger partial charge >= 0.3 is 0 Å². The van der Waals surface area contributed by atoms with Crippen LogP contribution in [0.3, 0.4) is 0 Å². The van der Waals surface area contributed by atoms with E-state index in [1.165, 1.54) is 11.1 Å². The van der Waals surface area contributed by atoms with Crippen LogP contribution >= 0.6 is 11.8 Å². The Hall–Kier alpha value is -4.47. The molecule has 0 saturated carbocycles. The molecular formula is C38H23N3OPdS-4. The number of aromatic nitrogens is 1. The summed E-state index contributed by atoms with van der Waals surface area (Å²) in [7, 11) is 2.07. The topological polar surface area (TPSA) is 24.6 Å². The molecule has 0 unspecified atom stereocenters. The number of hydrogen-bond donors (Lipinski definition) is 0. The van der Waals surface area contributed by atoms with Crippen molar-refractivity contribution in [1.82, 2.24) is 4.57 Å². The van der Waals surface area contributed by atoms with Crippen LogP contribution in [0.1, 0.15) is 0 Å². The molecular weight excluding hydrogens is 653 g/mol. The Morgan fingerprint density at radius 3 is 2.32 bits per heavy atom. The molecule has 9 rings (SSSR count). The van der Waals surface area contributed by atoms with Crippen LogP contribution in [0.25, 0.3) is 49.4 Å². The number of benzene rings is 6. The van der Waals surface area contributed by atoms with E-state index in [1.807, 2.05) is 24.3 Å². The number of hydrogen-bond acceptors (Lipinski definition) is 4. The zero-order valence-corrected chi connectivity index (χ0v) is 25.9. The Morgan fingerprint density at radius 2 is 1.43 bits per heavy atom. The van der Waals surface area contributed by atoms with Gasteiger partial charge in [0.15, 0.2) is 0 Å². The van der Waals surface area contributed by atoms with Crippen molar-refractivity contribution in [2.45, 2.75) is 9.79 Å². The van der Waals surface area contributed by atoms with Crippen molar-refractivity contribution in [2.75, 3.05) is 16.8 Å². The average molecular weight is 676 g/mol. The number of furan rings is 1. The third-order valence-corrected chi connectivity index (χ3v) is 9.04. The van der Waals surface area contributed by atoms with Crippen LogP contribution in [0.15, 0.2) is 129 Å². The van der Waals surface area contributed by atoms with Gasteiger partial charge in [-0.2, -0.15) is 55.2 Å². The maximum Gasteiger partial charge on any atom is 0.137 e. The monoisotopic (exact) mass is 675 g/mol. The largest absolute Gasteiger partial charge is 0.504 e. The fraction of sp³-hybridized carbons (Fsp3) is 0.0263. The van der Waals surface area contributed by atoms with Crippen LogP contribution in [-0.4, -0.2) is 11.6 Å². The maximum atomic E-state index is 6.28. The van der Waals surface area contributed by atoms with Crippen LogP contribution in [0.2, 0.25) is 0 Å². The predicted octanol–water partition coefficient (Wildman–Crippen LogP) is 9.94. The predicted molar refractivity (Wildman–Crippen MR) is 176 cm³/mol. The van der Waals surface area contributed by atoms with Crippen molar-refractivity contribution in [2.24, 2.45) is 0 Å². The molecule has 44 heavy (non-hydrogen) atoms. The standard InChI is InChI=1S/C38H23N3OS.Pd/c1-39-24-40(33-16-7-6-15-32(33)39)26-12-9-13-27(22-26)43-28-18-19-29-30-20-21-36-37(31-14-5-8-17-35(31)42-36)38(30)41(34(29)23-28)25-10-3-2-4-11-25;/h2-10,12-21,24H,1H3;/q-4;. The van der Waals surface area contributed by atoms with Gasteiger partial charge < -0.3 is 18.8 Å². The minimum Gasteiger partial charge on any atom is -0.504 e. The van der Waals surface area contributed by atoms with Crippen molar-refractivity contribution >= 4 is 72.6 Å². The fourth-order valence-corrected chi connectivity index (χ4v) is 7.07. The van der Waals surface area contributed by atoms with Gasteiger partial charge in [-0.05, 0) is 36.7 Å². The van der Waals surface area contributed by atoms with Crippen molar-refractivity contribution in [1.29, 1.82) is 0 Å². The summed E-state index contributed by atoms with van der Waals surface area (Å²) in [4.78, 5) is 6.39. The second-order valence-electron chi connectivity index (χ2n) is 10.7. The molecule has 2 aromatic heterocycles. The molecule has 0 N–H and O–H groups in total. The molecule has 3 heterocycles. The van der Waals surface area contributed by atoms with Crippen LogP contribution in [0, 0.1) is 24.9 Å². The van der Waals surface area contributed by atoms with Gasteiger partial charge in [0.25, 0.3) is 0 Å². The first-order valence-corrected chi connectivity index (χ1v) is 15.0. The van der Waals surface area contributed by atoms with Crippen molar-refractivity contribution < 1.29 is 24.8 Å². The fourth-order valence-electron chi connectivity index (χ4n) is 6.25. The number of anilines is 3. The third-order valence-electron chi connectivity index (χ3n) is 8.13. The van der Waals surface area contributed by atoms with E-state index in [0.717, 1.165) is 65.2 Å². The second kappa shape index (κ2) is 10.6. The zero-order valence-electron chi connectivity index (χ0n) is 23.5. The van der Waals surface area contributed by atoms with Gasteiger partial charge in [-0.1, -0.05) is 47.6 Å². The molecule has 0 saturated heterocycles. The summed E-state index contributed by atoms with van der Waals surface area (Å²) < 4.78 is 8.56. The Morgan fingerprint density at radius 1 is 0.659 bits per heavy atom. The molecule has 0 spiro atoms. The van der Waals surface area contributed by atoms with E-state index in [0.29, 0.717) is 0 Å². The summed E-state index contributed by atoms with van der Waals surface area (Å²) >= 11 is 1.67. The second-order valence-corrected chi connectivity index (χ2v) is 11.8. The van der Waals surface area contributed by atoms with E-state index in [4.69, 9.17) is 4.42 Å². The Labute approximate surface area is 273 Å². The minimum atomic E-state index is 0. The van der Waals surface area contributed by atoms with E-state index in [-0.39, 0.29) is 20.4 Å². The molecule has 1 aliphatic heterocycles. The van der Waals surface area contributed by atoms with Crippen LogP contribution < -0.4 is 9.80 Å². The summed E-state index contributed by atoms with van der Waals surface area (Å²) in [5, 5.41) is 4.53. The molecule has 0 amide bonds. The first-order valence-electron chi connectivity index (χ1n) is 14.2. The Balaban J connectivity index is 0.00000289. The Bertz CT molecular complexity index is 2340. The van der Waals surface area contributed by atoms with E-state index >= 15 is 0 Å².